The summed E-state index contributed by atoms with van der Waals surface area (Å²) in [7, 11) is 1.44. The molecule has 0 unspecified atom stereocenters. The fraction of sp³-hybridized carbons (Fsp3) is 0.308. The van der Waals surface area contributed by atoms with Crippen molar-refractivity contribution in [2.24, 2.45) is 7.05 Å². The van der Waals surface area contributed by atoms with Crippen molar-refractivity contribution in [2.45, 2.75) is 44.4 Å². The number of hydrogen-bond donors (Lipinski definition) is 1. The number of aryl methyl sites for hydroxylation is 1. The second-order valence-corrected chi connectivity index (χ2v) is 9.35. The molecule has 3 aromatic heterocycles. The van der Waals surface area contributed by atoms with Crippen molar-refractivity contribution in [1.29, 1.82) is 0 Å². The van der Waals surface area contributed by atoms with Gasteiger partial charge in [0.15, 0.2) is 5.82 Å². The average molecular weight is 513 g/mol. The van der Waals surface area contributed by atoms with Gasteiger partial charge in [-0.3, -0.25) is 14.6 Å². The highest BCUT2D eigenvalue weighted by Gasteiger charge is 2.41. The van der Waals surface area contributed by atoms with Crippen molar-refractivity contribution in [3.8, 4) is 0 Å². The van der Waals surface area contributed by atoms with Crippen molar-refractivity contribution < 1.29 is 17.6 Å². The van der Waals surface area contributed by atoms with Gasteiger partial charge < -0.3 is 9.88 Å². The van der Waals surface area contributed by atoms with Gasteiger partial charge in [0.1, 0.15) is 5.82 Å². The van der Waals surface area contributed by atoms with Crippen molar-refractivity contribution in [3.05, 3.63) is 97.7 Å². The first-order valence-corrected chi connectivity index (χ1v) is 11.6. The maximum atomic E-state index is 13.6. The summed E-state index contributed by atoms with van der Waals surface area (Å²) in [6.45, 7) is 3.11. The Morgan fingerprint density at radius 2 is 1.89 bits per heavy atom. The molecule has 0 amide bonds. The first-order chi connectivity index (χ1) is 17.5. The highest BCUT2D eigenvalue weighted by molar-refractivity contribution is 5.90. The van der Waals surface area contributed by atoms with Crippen LogP contribution in [0.5, 0.6) is 0 Å². The largest absolute Gasteiger partial charge is 0.416 e. The lowest BCUT2D eigenvalue weighted by Crippen LogP contribution is -2.26. The summed E-state index contributed by atoms with van der Waals surface area (Å²) >= 11 is 0. The molecule has 0 saturated heterocycles. The third-order valence-corrected chi connectivity index (χ3v) is 6.88. The van der Waals surface area contributed by atoms with Crippen molar-refractivity contribution in [2.75, 3.05) is 5.32 Å². The Morgan fingerprint density at radius 3 is 2.59 bits per heavy atom. The van der Waals surface area contributed by atoms with Gasteiger partial charge in [0.25, 0.3) is 11.1 Å². The van der Waals surface area contributed by atoms with Gasteiger partial charge in [-0.25, -0.2) is 9.07 Å². The number of nitrogens with one attached hydrogen (secondary N) is 1. The first kappa shape index (κ1) is 24.7. The molecule has 1 aromatic carbocycles. The highest BCUT2D eigenvalue weighted by Crippen LogP contribution is 2.50. The van der Waals surface area contributed by atoms with Gasteiger partial charge in [0.2, 0.25) is 0 Å². The average Bonchev–Trinajstić information content (AvgIpc) is 3.62. The van der Waals surface area contributed by atoms with Crippen molar-refractivity contribution in [3.63, 3.8) is 0 Å². The number of hydrogen-bond acceptors (Lipinski definition) is 5. The summed E-state index contributed by atoms with van der Waals surface area (Å²) in [5.41, 5.74) is -0.406. The van der Waals surface area contributed by atoms with Gasteiger partial charge in [0.05, 0.1) is 23.2 Å². The van der Waals surface area contributed by atoms with Gasteiger partial charge in [0, 0.05) is 42.9 Å². The molecule has 1 fully saturated rings. The summed E-state index contributed by atoms with van der Waals surface area (Å²) in [5.74, 6) is -0.326. The van der Waals surface area contributed by atoms with Crippen LogP contribution in [-0.2, 0) is 13.2 Å². The maximum absolute atomic E-state index is 13.6. The fourth-order valence-corrected chi connectivity index (χ4v) is 4.89. The second kappa shape index (κ2) is 8.82. The molecule has 37 heavy (non-hydrogen) atoms. The molecule has 3 atom stereocenters. The van der Waals surface area contributed by atoms with Gasteiger partial charge >= 0.3 is 6.18 Å². The van der Waals surface area contributed by atoms with Crippen LogP contribution in [0.3, 0.4) is 0 Å². The normalized spacial score (nSPS) is 18.1. The predicted octanol–water partition coefficient (Wildman–Crippen LogP) is 4.86. The van der Waals surface area contributed by atoms with Crippen LogP contribution in [0.25, 0.3) is 10.8 Å². The third-order valence-electron chi connectivity index (χ3n) is 6.88. The van der Waals surface area contributed by atoms with E-state index in [-0.39, 0.29) is 34.3 Å². The van der Waals surface area contributed by atoms with E-state index in [1.165, 1.54) is 42.9 Å². The molecule has 192 valence electrons. The third kappa shape index (κ3) is 4.49. The Labute approximate surface area is 208 Å². The molecule has 0 spiro atoms. The summed E-state index contributed by atoms with van der Waals surface area (Å²) in [6.07, 6.45) is 0.309. The molecule has 0 aliphatic heterocycles. The highest BCUT2D eigenvalue weighted by atomic mass is 19.4. The topological polar surface area (TPSA) is 81.8 Å². The number of halogens is 4. The van der Waals surface area contributed by atoms with E-state index < -0.39 is 29.2 Å². The Bertz CT molecular complexity index is 1640. The monoisotopic (exact) mass is 513 g/mol. The molecule has 0 radical (unpaired) electrons. The summed E-state index contributed by atoms with van der Waals surface area (Å²) < 4.78 is 56.5. The van der Waals surface area contributed by atoms with Gasteiger partial charge in [-0.15, -0.1) is 0 Å². The standard InChI is InChI=1S/C26H23F4N5O2/c1-13-17(5-4-6-21(13)26(28,29)30)14(2)32-24-20-12-35(23(36)9-19(20)25(37)34(3)33-24)22-8-18(22)15-7-16(27)11-31-10-15/h4-7,9-12,14,18,22H,8H2,1-3H3,(H,32,33)/t14-,18-,22+/m1/s1. The van der Waals surface area contributed by atoms with Gasteiger partial charge in [-0.05, 0) is 49.1 Å². The number of anilines is 1. The fourth-order valence-electron chi connectivity index (χ4n) is 4.89. The number of fused-ring (bicyclic) bond motifs is 1. The van der Waals surface area contributed by atoms with Crippen LogP contribution < -0.4 is 16.4 Å². The van der Waals surface area contributed by atoms with Gasteiger partial charge in [-0.2, -0.15) is 18.3 Å². The van der Waals surface area contributed by atoms with E-state index in [0.29, 0.717) is 22.9 Å². The molecule has 1 aliphatic rings. The van der Waals surface area contributed by atoms with Crippen LogP contribution in [0.2, 0.25) is 0 Å². The van der Waals surface area contributed by atoms with Crippen LogP contribution >= 0.6 is 0 Å². The van der Waals surface area contributed by atoms with E-state index >= 15 is 0 Å². The van der Waals surface area contributed by atoms with E-state index in [9.17, 15) is 27.2 Å². The van der Waals surface area contributed by atoms with Crippen LogP contribution in [0.15, 0.2) is 58.5 Å². The Hall–Kier alpha value is -4.02. The molecular weight excluding hydrogens is 490 g/mol. The Morgan fingerprint density at radius 1 is 1.14 bits per heavy atom. The smallest absolute Gasteiger partial charge is 0.362 e. The lowest BCUT2D eigenvalue weighted by molar-refractivity contribution is -0.138. The molecule has 1 saturated carbocycles. The number of aromatic nitrogens is 4. The zero-order valence-electron chi connectivity index (χ0n) is 20.2. The van der Waals surface area contributed by atoms with Crippen LogP contribution in [0.1, 0.15) is 53.6 Å². The molecule has 1 N–H and O–H groups in total. The van der Waals surface area contributed by atoms with Gasteiger partial charge in [-0.1, -0.05) is 12.1 Å². The molecule has 0 bridgehead atoms. The Kier molecular flexibility index (Phi) is 5.88. The number of pyridine rings is 2. The van der Waals surface area contributed by atoms with Crippen LogP contribution in [0.4, 0.5) is 23.4 Å². The Balaban J connectivity index is 1.55. The zero-order chi connectivity index (χ0) is 26.6. The number of alkyl halides is 3. The minimum Gasteiger partial charge on any atom is -0.362 e. The van der Waals surface area contributed by atoms with E-state index in [1.807, 2.05) is 0 Å². The molecule has 3 heterocycles. The summed E-state index contributed by atoms with van der Waals surface area (Å²) in [5, 5.41) is 7.94. The summed E-state index contributed by atoms with van der Waals surface area (Å²) in [6, 6.07) is 5.76. The zero-order valence-corrected chi connectivity index (χ0v) is 20.2. The maximum Gasteiger partial charge on any atom is 0.416 e. The molecule has 5 rings (SSSR count). The minimum atomic E-state index is -4.49. The molecule has 11 heteroatoms. The van der Waals surface area contributed by atoms with Crippen LogP contribution in [0, 0.1) is 12.7 Å². The lowest BCUT2D eigenvalue weighted by atomic mass is 9.97. The first-order valence-electron chi connectivity index (χ1n) is 11.6. The number of benzene rings is 1. The molecular formula is C26H23F4N5O2. The number of rotatable bonds is 5. The minimum absolute atomic E-state index is 0.0885. The van der Waals surface area contributed by atoms with E-state index in [1.54, 1.807) is 19.2 Å². The van der Waals surface area contributed by atoms with E-state index in [4.69, 9.17) is 0 Å². The summed E-state index contributed by atoms with van der Waals surface area (Å²) in [4.78, 5) is 29.6. The van der Waals surface area contributed by atoms with Crippen molar-refractivity contribution in [1.82, 2.24) is 19.3 Å². The lowest BCUT2D eigenvalue weighted by Gasteiger charge is -2.21. The SMILES string of the molecule is Cc1c([C@@H](C)Nc2nn(C)c(=O)c3cc(=O)n([C@H]4C[C@@H]4c4cncc(F)c4)cc23)cccc1C(F)(F)F. The quantitative estimate of drug-likeness (QED) is 0.386. The van der Waals surface area contributed by atoms with E-state index in [0.717, 1.165) is 16.9 Å². The number of nitrogens with zero attached hydrogens (tertiary/aromatic N) is 4. The molecule has 7 nitrogen and oxygen atoms in total. The molecule has 1 aliphatic carbocycles. The van der Waals surface area contributed by atoms with Crippen molar-refractivity contribution >= 4 is 16.6 Å². The van der Waals surface area contributed by atoms with Crippen LogP contribution in [-0.4, -0.2) is 19.3 Å². The second-order valence-electron chi connectivity index (χ2n) is 9.35. The van der Waals surface area contributed by atoms with E-state index in [2.05, 4.69) is 15.4 Å². The molecule has 4 aromatic rings. The predicted molar refractivity (Wildman–Crippen MR) is 130 cm³/mol.